The van der Waals surface area contributed by atoms with Gasteiger partial charge in [0, 0.05) is 28.2 Å². The molecule has 16 nitrogen and oxygen atoms in total. The van der Waals surface area contributed by atoms with Gasteiger partial charge in [0.25, 0.3) is 0 Å². The fourth-order valence-electron chi connectivity index (χ4n) is 4.27. The highest BCUT2D eigenvalue weighted by atomic mass is 16.6. The van der Waals surface area contributed by atoms with E-state index in [1.54, 1.807) is 0 Å². The predicted molar refractivity (Wildman–Crippen MR) is 162 cm³/mol. The van der Waals surface area contributed by atoms with Crippen LogP contribution in [0.3, 0.4) is 0 Å². The molecule has 0 heterocycles. The third-order valence-corrected chi connectivity index (χ3v) is 6.90. The van der Waals surface area contributed by atoms with Crippen LogP contribution >= 0.6 is 0 Å². The fraction of sp³-hybridized carbons (Fsp3) is 0.531. The number of carboxylic acids is 1. The Kier molecular flexibility index (Phi) is 16.4. The van der Waals surface area contributed by atoms with Crippen LogP contribution in [0.5, 0.6) is 0 Å². The molecule has 3 N–H and O–H groups in total. The van der Waals surface area contributed by atoms with Gasteiger partial charge in [-0.3, -0.25) is 14.4 Å². The Balaban J connectivity index is 3.25. The number of hydrogen-bond donors (Lipinski definition) is 3. The number of aliphatic hydroxyl groups excluding tert-OH is 1. The molecule has 0 aliphatic heterocycles. The van der Waals surface area contributed by atoms with Gasteiger partial charge < -0.3 is 43.7 Å². The minimum Gasteiger partial charge on any atom is -0.481 e. The summed E-state index contributed by atoms with van der Waals surface area (Å²) in [6, 6.07) is 0. The highest BCUT2D eigenvalue weighted by Gasteiger charge is 2.50. The lowest BCUT2D eigenvalue weighted by atomic mass is 9.67. The van der Waals surface area contributed by atoms with Crippen molar-refractivity contribution in [2.75, 3.05) is 26.4 Å². The molecule has 0 saturated heterocycles. The van der Waals surface area contributed by atoms with Crippen LogP contribution < -0.4 is 0 Å². The summed E-state index contributed by atoms with van der Waals surface area (Å²) in [7, 11) is 0. The molecule has 1 fully saturated rings. The van der Waals surface area contributed by atoms with Crippen LogP contribution in [0.25, 0.3) is 0 Å². The molecule has 4 unspecified atom stereocenters. The van der Waals surface area contributed by atoms with Gasteiger partial charge in [-0.1, -0.05) is 26.3 Å². The van der Waals surface area contributed by atoms with Gasteiger partial charge in [-0.25, -0.2) is 19.2 Å². The van der Waals surface area contributed by atoms with E-state index in [4.69, 9.17) is 28.4 Å². The zero-order valence-corrected chi connectivity index (χ0v) is 27.3. The monoisotopic (exact) mass is 682 g/mol. The molecule has 0 spiro atoms. The number of hydrogen-bond acceptors (Lipinski definition) is 15. The molecule has 48 heavy (non-hydrogen) atoms. The van der Waals surface area contributed by atoms with Crippen molar-refractivity contribution in [3.8, 4) is 0 Å². The summed E-state index contributed by atoms with van der Waals surface area (Å²) in [5, 5.41) is 30.3. The van der Waals surface area contributed by atoms with Crippen molar-refractivity contribution in [3.63, 3.8) is 0 Å². The number of carbonyl (C=O) groups excluding carboxylic acids is 6. The second-order valence-corrected chi connectivity index (χ2v) is 11.3. The van der Waals surface area contributed by atoms with Crippen LogP contribution in [-0.4, -0.2) is 102 Å². The Labute approximate surface area is 276 Å². The van der Waals surface area contributed by atoms with Crippen molar-refractivity contribution in [2.24, 2.45) is 23.7 Å². The van der Waals surface area contributed by atoms with Gasteiger partial charge in [-0.2, -0.15) is 0 Å². The first-order chi connectivity index (χ1) is 22.3. The highest BCUT2D eigenvalue weighted by molar-refractivity contribution is 5.88. The molecule has 1 rings (SSSR count). The maximum atomic E-state index is 13.3. The molecule has 0 aromatic rings. The van der Waals surface area contributed by atoms with E-state index in [0.717, 1.165) is 0 Å². The van der Waals surface area contributed by atoms with Crippen molar-refractivity contribution < 1.29 is 77.3 Å². The molecule has 1 saturated carbocycles. The standard InChI is InChI=1S/C32H42O16/c1-15(2)27(37)43-11-19(12-44-28(38)16(3)4)47-31(41)23-9-22(26(35)36)24(10-21(23)25(33)34)32(42)48-20(13-45-29(39)17(5)6)14-46-30(40)18(7)8/h19-25,33-34H,1,3,5,7,9-14H2,2,4,6,8H3,(H,35,36). The maximum Gasteiger partial charge on any atom is 0.333 e. The molecule has 0 radical (unpaired) electrons. The molecular formula is C32H42O16. The Morgan fingerprint density at radius 3 is 1.15 bits per heavy atom. The number of esters is 6. The minimum atomic E-state index is -2.25. The van der Waals surface area contributed by atoms with Gasteiger partial charge in [-0.05, 0) is 40.5 Å². The van der Waals surface area contributed by atoms with Crippen LogP contribution in [0.15, 0.2) is 48.6 Å². The fourth-order valence-corrected chi connectivity index (χ4v) is 4.27. The molecule has 0 amide bonds. The summed E-state index contributed by atoms with van der Waals surface area (Å²) < 4.78 is 30.7. The zero-order chi connectivity index (χ0) is 36.9. The Morgan fingerprint density at radius 2 is 0.875 bits per heavy atom. The summed E-state index contributed by atoms with van der Waals surface area (Å²) >= 11 is 0. The van der Waals surface area contributed by atoms with Crippen LogP contribution in [0, 0.1) is 23.7 Å². The van der Waals surface area contributed by atoms with Gasteiger partial charge in [0.05, 0.1) is 17.8 Å². The topological polar surface area (TPSA) is 236 Å². The number of aliphatic carboxylic acids is 1. The third-order valence-electron chi connectivity index (χ3n) is 6.90. The van der Waals surface area contributed by atoms with Crippen molar-refractivity contribution in [2.45, 2.75) is 59.0 Å². The van der Waals surface area contributed by atoms with E-state index < -0.39 is 123 Å². The van der Waals surface area contributed by atoms with Crippen LogP contribution in [0.2, 0.25) is 0 Å². The van der Waals surface area contributed by atoms with Gasteiger partial charge in [0.1, 0.15) is 26.4 Å². The van der Waals surface area contributed by atoms with E-state index in [1.165, 1.54) is 27.7 Å². The van der Waals surface area contributed by atoms with Gasteiger partial charge in [0.15, 0.2) is 18.5 Å². The lowest BCUT2D eigenvalue weighted by Gasteiger charge is -2.38. The minimum absolute atomic E-state index is 0.0140. The molecule has 0 aromatic carbocycles. The van der Waals surface area contributed by atoms with Crippen LogP contribution in [0.4, 0.5) is 0 Å². The first-order valence-electron chi connectivity index (χ1n) is 14.6. The largest absolute Gasteiger partial charge is 0.481 e. The average molecular weight is 683 g/mol. The van der Waals surface area contributed by atoms with E-state index in [1.807, 2.05) is 0 Å². The lowest BCUT2D eigenvalue weighted by molar-refractivity contribution is -0.189. The van der Waals surface area contributed by atoms with Crippen LogP contribution in [-0.2, 0) is 62.0 Å². The Bertz CT molecular complexity index is 1250. The number of rotatable bonds is 18. The smallest absolute Gasteiger partial charge is 0.333 e. The summed E-state index contributed by atoms with van der Waals surface area (Å²) in [6.07, 6.45) is -6.31. The quantitative estimate of drug-likeness (QED) is 0.0789. The Morgan fingerprint density at radius 1 is 0.562 bits per heavy atom. The van der Waals surface area contributed by atoms with E-state index in [0.29, 0.717) is 0 Å². The molecule has 266 valence electrons. The maximum absolute atomic E-state index is 13.3. The number of ether oxygens (including phenoxy) is 6. The zero-order valence-electron chi connectivity index (χ0n) is 27.3. The van der Waals surface area contributed by atoms with Crippen molar-refractivity contribution in [1.82, 2.24) is 0 Å². The first-order valence-corrected chi connectivity index (χ1v) is 14.6. The molecule has 0 aromatic heterocycles. The molecule has 4 atom stereocenters. The number of carbonyl (C=O) groups is 7. The number of carboxylic acid groups (broad SMARTS) is 1. The first kappa shape index (κ1) is 41.2. The summed E-state index contributed by atoms with van der Waals surface area (Å²) in [5.41, 5.74) is 0.0598. The molecule has 1 aliphatic rings. The van der Waals surface area contributed by atoms with Crippen LogP contribution in [0.1, 0.15) is 40.5 Å². The predicted octanol–water partition coefficient (Wildman–Crippen LogP) is 0.941. The molecule has 0 bridgehead atoms. The average Bonchev–Trinajstić information content (AvgIpc) is 3.01. The second kappa shape index (κ2) is 19.1. The normalized spacial score (nSPS) is 18.7. The molecule has 16 heteroatoms. The highest BCUT2D eigenvalue weighted by Crippen LogP contribution is 2.41. The van der Waals surface area contributed by atoms with E-state index in [-0.39, 0.29) is 22.3 Å². The van der Waals surface area contributed by atoms with Gasteiger partial charge in [0.2, 0.25) is 0 Å². The van der Waals surface area contributed by atoms with E-state index in [9.17, 15) is 48.9 Å². The summed E-state index contributed by atoms with van der Waals surface area (Å²) in [6.45, 7) is 16.7. The third kappa shape index (κ3) is 13.1. The van der Waals surface area contributed by atoms with Crippen molar-refractivity contribution in [1.29, 1.82) is 0 Å². The summed E-state index contributed by atoms with van der Waals surface area (Å²) in [5.74, 6) is -13.5. The second-order valence-electron chi connectivity index (χ2n) is 11.3. The van der Waals surface area contributed by atoms with Gasteiger partial charge in [-0.15, -0.1) is 0 Å². The Hall–Kier alpha value is -4.83. The van der Waals surface area contributed by atoms with Crippen molar-refractivity contribution in [3.05, 3.63) is 48.6 Å². The van der Waals surface area contributed by atoms with Gasteiger partial charge >= 0.3 is 41.8 Å². The lowest BCUT2D eigenvalue weighted by Crippen LogP contribution is -2.48. The molecular weight excluding hydrogens is 640 g/mol. The van der Waals surface area contributed by atoms with E-state index >= 15 is 0 Å². The summed E-state index contributed by atoms with van der Waals surface area (Å²) in [4.78, 5) is 86.6. The van der Waals surface area contributed by atoms with Crippen molar-refractivity contribution >= 4 is 41.8 Å². The molecule has 1 aliphatic carbocycles. The SMILES string of the molecule is C=C(C)C(=O)OCC(COC(=O)C(=C)C)OC(=O)C1CC(C(O)O)C(C(=O)OC(COC(=O)C(=C)C)COC(=O)C(=C)C)CC1C(=O)O. The van der Waals surface area contributed by atoms with E-state index in [2.05, 4.69) is 26.3 Å². The number of aliphatic hydroxyl groups is 2.